The molecule has 0 bridgehead atoms. The van der Waals surface area contributed by atoms with Crippen molar-refractivity contribution >= 4 is 12.1 Å². The van der Waals surface area contributed by atoms with Crippen molar-refractivity contribution in [3.8, 4) is 5.75 Å². The summed E-state index contributed by atoms with van der Waals surface area (Å²) in [7, 11) is 1.54. The second kappa shape index (κ2) is 9.71. The van der Waals surface area contributed by atoms with E-state index in [9.17, 15) is 19.1 Å². The highest BCUT2D eigenvalue weighted by atomic mass is 19.1. The van der Waals surface area contributed by atoms with Crippen LogP contribution in [0.4, 0.5) is 9.18 Å². The highest BCUT2D eigenvalue weighted by molar-refractivity contribution is 5.80. The van der Waals surface area contributed by atoms with Crippen LogP contribution < -0.4 is 4.74 Å². The van der Waals surface area contributed by atoms with Crippen LogP contribution in [-0.2, 0) is 9.53 Å². The van der Waals surface area contributed by atoms with Crippen LogP contribution in [0.25, 0.3) is 0 Å². The third-order valence-corrected chi connectivity index (χ3v) is 4.36. The molecule has 2 unspecified atom stereocenters. The minimum Gasteiger partial charge on any atom is -0.444 e. The molecule has 0 aliphatic heterocycles. The van der Waals surface area contributed by atoms with Crippen molar-refractivity contribution in [2.75, 3.05) is 13.6 Å². The van der Waals surface area contributed by atoms with E-state index in [2.05, 4.69) is 0 Å². The maximum atomic E-state index is 13.9. The first-order valence-electron chi connectivity index (χ1n) is 9.66. The summed E-state index contributed by atoms with van der Waals surface area (Å²) in [6, 6.07) is 12.3. The Bertz CT molecular complexity index is 876. The van der Waals surface area contributed by atoms with E-state index < -0.39 is 35.5 Å². The van der Waals surface area contributed by atoms with E-state index in [1.807, 2.05) is 0 Å². The van der Waals surface area contributed by atoms with Gasteiger partial charge in [-0.1, -0.05) is 30.3 Å². The first-order valence-corrected chi connectivity index (χ1v) is 9.66. The number of rotatable bonds is 6. The molecule has 0 spiro atoms. The topological polar surface area (TPSA) is 76.1 Å². The van der Waals surface area contributed by atoms with Gasteiger partial charge in [-0.15, -0.1) is 0 Å². The molecule has 0 aromatic heterocycles. The van der Waals surface area contributed by atoms with Crippen molar-refractivity contribution in [3.63, 3.8) is 0 Å². The second-order valence-electron chi connectivity index (χ2n) is 8.11. The average Bonchev–Trinajstić information content (AvgIpc) is 2.67. The zero-order valence-corrected chi connectivity index (χ0v) is 17.9. The predicted molar refractivity (Wildman–Crippen MR) is 111 cm³/mol. The van der Waals surface area contributed by atoms with Gasteiger partial charge in [0, 0.05) is 12.6 Å². The first kappa shape index (κ1) is 23.3. The van der Waals surface area contributed by atoms with E-state index >= 15 is 0 Å². The smallest absolute Gasteiger partial charge is 0.410 e. The van der Waals surface area contributed by atoms with Crippen LogP contribution in [0.2, 0.25) is 0 Å². The highest BCUT2D eigenvalue weighted by Crippen LogP contribution is 2.23. The molecule has 2 aromatic carbocycles. The van der Waals surface area contributed by atoms with Crippen molar-refractivity contribution in [3.05, 3.63) is 65.5 Å². The van der Waals surface area contributed by atoms with E-state index in [0.717, 1.165) is 0 Å². The number of benzene rings is 2. The number of esters is 1. The monoisotopic (exact) mass is 417 g/mol. The number of nitrogens with zero attached hydrogens (tertiary/aromatic N) is 1. The zero-order valence-electron chi connectivity index (χ0n) is 17.9. The number of likely N-dealkylation sites (N-methyl/N-ethyl adjacent to an activating group) is 1. The van der Waals surface area contributed by atoms with Crippen LogP contribution in [0.5, 0.6) is 5.75 Å². The Morgan fingerprint density at radius 1 is 1.10 bits per heavy atom. The van der Waals surface area contributed by atoms with Crippen molar-refractivity contribution in [1.29, 1.82) is 0 Å². The molecule has 2 rings (SSSR count). The van der Waals surface area contributed by atoms with Gasteiger partial charge in [0.05, 0.1) is 18.6 Å². The number of hydrogen-bond acceptors (Lipinski definition) is 5. The van der Waals surface area contributed by atoms with Crippen LogP contribution in [0.3, 0.4) is 0 Å². The predicted octanol–water partition coefficient (Wildman–Crippen LogP) is 4.44. The lowest BCUT2D eigenvalue weighted by molar-refractivity contribution is -0.135. The van der Waals surface area contributed by atoms with Gasteiger partial charge in [0.25, 0.3) is 0 Å². The van der Waals surface area contributed by atoms with Gasteiger partial charge in [-0.25, -0.2) is 9.18 Å². The fourth-order valence-electron chi connectivity index (χ4n) is 2.69. The number of aliphatic hydroxyl groups excluding tert-OH is 1. The fraction of sp³-hybridized carbons (Fsp3) is 0.391. The maximum absolute atomic E-state index is 13.9. The van der Waals surface area contributed by atoms with Crippen LogP contribution >= 0.6 is 0 Å². The van der Waals surface area contributed by atoms with E-state index in [4.69, 9.17) is 9.47 Å². The Kier molecular flexibility index (Phi) is 7.56. The molecule has 7 heteroatoms. The molecule has 0 saturated heterocycles. The number of amides is 1. The van der Waals surface area contributed by atoms with Crippen LogP contribution in [-0.4, -0.2) is 41.3 Å². The molecule has 30 heavy (non-hydrogen) atoms. The molecule has 162 valence electrons. The van der Waals surface area contributed by atoms with Gasteiger partial charge >= 0.3 is 12.1 Å². The zero-order chi connectivity index (χ0) is 22.5. The van der Waals surface area contributed by atoms with Crippen molar-refractivity contribution in [2.45, 2.75) is 45.3 Å². The minimum atomic E-state index is -0.940. The van der Waals surface area contributed by atoms with E-state index in [1.165, 1.54) is 30.1 Å². The molecule has 2 aromatic rings. The van der Waals surface area contributed by atoms with Crippen molar-refractivity contribution < 1.29 is 28.6 Å². The average molecular weight is 417 g/mol. The number of carbonyl (C=O) groups excluding carboxylic acids is 2. The fourth-order valence-corrected chi connectivity index (χ4v) is 2.69. The molecule has 0 radical (unpaired) electrons. The summed E-state index contributed by atoms with van der Waals surface area (Å²) in [6.45, 7) is 6.91. The highest BCUT2D eigenvalue weighted by Gasteiger charge is 2.23. The Labute approximate surface area is 176 Å². The van der Waals surface area contributed by atoms with Crippen molar-refractivity contribution in [1.82, 2.24) is 4.90 Å². The number of carbonyl (C=O) groups is 2. The van der Waals surface area contributed by atoms with Gasteiger partial charge in [0.2, 0.25) is 0 Å². The third-order valence-electron chi connectivity index (χ3n) is 4.36. The standard InChI is InChI=1S/C23H28FNO5/c1-15(18-8-6-7-9-19(18)24)21(27)29-17-12-10-16(11-13-17)20(26)14-25(5)22(28)30-23(2,3)4/h6-13,15,20,26H,14H2,1-5H3. The Morgan fingerprint density at radius 2 is 1.70 bits per heavy atom. The van der Waals surface area contributed by atoms with E-state index in [-0.39, 0.29) is 17.9 Å². The molecule has 1 amide bonds. The quantitative estimate of drug-likeness (QED) is 0.556. The summed E-state index contributed by atoms with van der Waals surface area (Å²) < 4.78 is 24.4. The lowest BCUT2D eigenvalue weighted by atomic mass is 10.0. The SMILES string of the molecule is CC(C(=O)Oc1ccc(C(O)CN(C)C(=O)OC(C)(C)C)cc1)c1ccccc1F. The van der Waals surface area contributed by atoms with E-state index in [1.54, 1.807) is 58.0 Å². The van der Waals surface area contributed by atoms with Gasteiger partial charge in [-0.2, -0.15) is 0 Å². The van der Waals surface area contributed by atoms with Gasteiger partial charge in [0.15, 0.2) is 0 Å². The van der Waals surface area contributed by atoms with Crippen LogP contribution in [0.1, 0.15) is 50.8 Å². The van der Waals surface area contributed by atoms with Gasteiger partial charge < -0.3 is 19.5 Å². The normalized spacial score (nSPS) is 13.3. The number of hydrogen-bond donors (Lipinski definition) is 1. The Hall–Kier alpha value is -2.93. The van der Waals surface area contributed by atoms with Crippen molar-refractivity contribution in [2.24, 2.45) is 0 Å². The molecular formula is C23H28FNO5. The molecule has 0 heterocycles. The lowest BCUT2D eigenvalue weighted by Gasteiger charge is -2.26. The van der Waals surface area contributed by atoms with Gasteiger partial charge in [-0.3, -0.25) is 4.79 Å². The summed E-state index contributed by atoms with van der Waals surface area (Å²) in [5, 5.41) is 10.4. The van der Waals surface area contributed by atoms with Crippen LogP contribution in [0, 0.1) is 5.82 Å². The number of halogens is 1. The molecule has 0 aliphatic carbocycles. The summed E-state index contributed by atoms with van der Waals surface area (Å²) in [6.07, 6.45) is -1.47. The van der Waals surface area contributed by atoms with E-state index in [0.29, 0.717) is 5.56 Å². The summed E-state index contributed by atoms with van der Waals surface area (Å²) in [5.74, 6) is -1.54. The minimum absolute atomic E-state index is 0.0400. The Balaban J connectivity index is 1.96. The summed E-state index contributed by atoms with van der Waals surface area (Å²) >= 11 is 0. The molecule has 2 atom stereocenters. The number of aliphatic hydroxyl groups is 1. The molecule has 6 nitrogen and oxygen atoms in total. The third kappa shape index (κ3) is 6.56. The van der Waals surface area contributed by atoms with Gasteiger partial charge in [-0.05, 0) is 51.5 Å². The first-order chi connectivity index (χ1) is 14.0. The maximum Gasteiger partial charge on any atom is 0.410 e. The molecule has 1 N–H and O–H groups in total. The van der Waals surface area contributed by atoms with Crippen LogP contribution in [0.15, 0.2) is 48.5 Å². The number of ether oxygens (including phenoxy) is 2. The molecular weight excluding hydrogens is 389 g/mol. The molecule has 0 aliphatic rings. The largest absolute Gasteiger partial charge is 0.444 e. The second-order valence-corrected chi connectivity index (χ2v) is 8.11. The van der Waals surface area contributed by atoms with Gasteiger partial charge in [0.1, 0.15) is 17.2 Å². The summed E-state index contributed by atoms with van der Waals surface area (Å²) in [5.41, 5.74) is 0.189. The molecule has 0 saturated carbocycles. The molecule has 0 fully saturated rings. The lowest BCUT2D eigenvalue weighted by Crippen LogP contribution is -2.36. The Morgan fingerprint density at radius 3 is 2.27 bits per heavy atom. The summed E-state index contributed by atoms with van der Waals surface area (Å²) in [4.78, 5) is 25.6.